The van der Waals surface area contributed by atoms with E-state index in [-0.39, 0.29) is 5.41 Å². The summed E-state index contributed by atoms with van der Waals surface area (Å²) in [6.07, 6.45) is 4.84. The van der Waals surface area contributed by atoms with E-state index in [1.807, 2.05) is 19.9 Å². The number of sulfonamides is 1. The second kappa shape index (κ2) is 4.71. The SMILES string of the molecule is Cc1cc(C)c(S(=O)(=O)NCC2(C3CC3)CC2)c(C)c1N. The van der Waals surface area contributed by atoms with E-state index in [0.717, 1.165) is 29.9 Å². The van der Waals surface area contributed by atoms with Gasteiger partial charge in [0.2, 0.25) is 10.0 Å². The van der Waals surface area contributed by atoms with Gasteiger partial charge in [0.05, 0.1) is 4.90 Å². The van der Waals surface area contributed by atoms with Gasteiger partial charge in [0.15, 0.2) is 0 Å². The third-order valence-corrected chi connectivity index (χ3v) is 6.87. The van der Waals surface area contributed by atoms with Crippen molar-refractivity contribution in [1.29, 1.82) is 0 Å². The van der Waals surface area contributed by atoms with Crippen molar-refractivity contribution < 1.29 is 8.42 Å². The lowest BCUT2D eigenvalue weighted by Crippen LogP contribution is -2.32. The van der Waals surface area contributed by atoms with E-state index in [0.29, 0.717) is 22.7 Å². The second-order valence-corrected chi connectivity index (χ2v) is 8.54. The summed E-state index contributed by atoms with van der Waals surface area (Å²) in [5.41, 5.74) is 9.20. The summed E-state index contributed by atoms with van der Waals surface area (Å²) in [5, 5.41) is 0. The molecule has 1 aromatic rings. The smallest absolute Gasteiger partial charge is 0.241 e. The Morgan fingerprint density at radius 1 is 1.24 bits per heavy atom. The van der Waals surface area contributed by atoms with Crippen LogP contribution in [-0.2, 0) is 10.0 Å². The van der Waals surface area contributed by atoms with Crippen LogP contribution in [0.1, 0.15) is 42.4 Å². The first-order valence-electron chi connectivity index (χ1n) is 7.63. The molecule has 0 bridgehead atoms. The Kier molecular flexibility index (Phi) is 3.33. The van der Waals surface area contributed by atoms with Gasteiger partial charge in [-0.05, 0) is 74.5 Å². The molecule has 3 rings (SSSR count). The molecule has 0 saturated heterocycles. The molecule has 0 radical (unpaired) electrons. The summed E-state index contributed by atoms with van der Waals surface area (Å²) < 4.78 is 28.2. The predicted octanol–water partition coefficient (Wildman–Crippen LogP) is 2.66. The highest BCUT2D eigenvalue weighted by atomic mass is 32.2. The molecule has 3 N–H and O–H groups in total. The molecule has 0 amide bonds. The van der Waals surface area contributed by atoms with Gasteiger partial charge >= 0.3 is 0 Å². The van der Waals surface area contributed by atoms with E-state index in [4.69, 9.17) is 5.73 Å². The van der Waals surface area contributed by atoms with Gasteiger partial charge in [0, 0.05) is 12.2 Å². The summed E-state index contributed by atoms with van der Waals surface area (Å²) in [5.74, 6) is 0.741. The van der Waals surface area contributed by atoms with Crippen LogP contribution in [-0.4, -0.2) is 15.0 Å². The van der Waals surface area contributed by atoms with Crippen LogP contribution in [0.25, 0.3) is 0 Å². The molecule has 0 heterocycles. The Balaban J connectivity index is 1.86. The molecule has 116 valence electrons. The van der Waals surface area contributed by atoms with E-state index >= 15 is 0 Å². The summed E-state index contributed by atoms with van der Waals surface area (Å²) >= 11 is 0. The van der Waals surface area contributed by atoms with Crippen LogP contribution in [0.4, 0.5) is 5.69 Å². The van der Waals surface area contributed by atoms with Crippen LogP contribution >= 0.6 is 0 Å². The average molecular weight is 308 g/mol. The number of nitrogens with one attached hydrogen (secondary N) is 1. The molecule has 1 aromatic carbocycles. The first kappa shape index (κ1) is 14.9. The standard InChI is InChI=1S/C16H24N2O2S/c1-10-8-11(2)15(12(3)14(10)17)21(19,20)18-9-16(6-7-16)13-4-5-13/h8,13,18H,4-7,9,17H2,1-3H3. The lowest BCUT2D eigenvalue weighted by Gasteiger charge is -2.19. The third-order valence-electron chi connectivity index (χ3n) is 5.18. The van der Waals surface area contributed by atoms with E-state index in [1.54, 1.807) is 6.92 Å². The molecule has 5 heteroatoms. The van der Waals surface area contributed by atoms with E-state index in [1.165, 1.54) is 12.8 Å². The molecule has 2 fully saturated rings. The highest BCUT2D eigenvalue weighted by Gasteiger charge is 2.53. The van der Waals surface area contributed by atoms with Gasteiger partial charge in [0.1, 0.15) is 0 Å². The molecular formula is C16H24N2O2S. The fourth-order valence-corrected chi connectivity index (χ4v) is 5.11. The summed E-state index contributed by atoms with van der Waals surface area (Å²) in [4.78, 5) is 0.359. The minimum Gasteiger partial charge on any atom is -0.398 e. The Labute approximate surface area is 127 Å². The summed E-state index contributed by atoms with van der Waals surface area (Å²) in [6, 6.07) is 1.85. The van der Waals surface area contributed by atoms with Gasteiger partial charge < -0.3 is 5.73 Å². The number of hydrogen-bond donors (Lipinski definition) is 2. The zero-order valence-electron chi connectivity index (χ0n) is 13.0. The first-order valence-corrected chi connectivity index (χ1v) is 9.11. The average Bonchev–Trinajstić information content (AvgIpc) is 3.25. The number of aryl methyl sites for hydroxylation is 2. The molecule has 2 aliphatic rings. The minimum absolute atomic E-state index is 0.255. The highest BCUT2D eigenvalue weighted by Crippen LogP contribution is 2.60. The Morgan fingerprint density at radius 3 is 2.38 bits per heavy atom. The van der Waals surface area contributed by atoms with Crippen molar-refractivity contribution >= 4 is 15.7 Å². The van der Waals surface area contributed by atoms with Gasteiger partial charge in [-0.2, -0.15) is 0 Å². The van der Waals surface area contributed by atoms with Crippen molar-refractivity contribution in [2.45, 2.75) is 51.3 Å². The van der Waals surface area contributed by atoms with Gasteiger partial charge in [-0.15, -0.1) is 0 Å². The zero-order chi connectivity index (χ0) is 15.4. The lowest BCUT2D eigenvalue weighted by molar-refractivity contribution is 0.431. The number of nitrogens with two attached hydrogens (primary N) is 1. The van der Waals surface area contributed by atoms with Crippen molar-refractivity contribution in [1.82, 2.24) is 4.72 Å². The highest BCUT2D eigenvalue weighted by molar-refractivity contribution is 7.89. The topological polar surface area (TPSA) is 72.2 Å². The van der Waals surface area contributed by atoms with Crippen molar-refractivity contribution in [2.75, 3.05) is 12.3 Å². The van der Waals surface area contributed by atoms with Crippen LogP contribution in [0, 0.1) is 32.1 Å². The van der Waals surface area contributed by atoms with Crippen LogP contribution in [0.5, 0.6) is 0 Å². The van der Waals surface area contributed by atoms with Gasteiger partial charge in [0.25, 0.3) is 0 Å². The maximum absolute atomic E-state index is 12.7. The predicted molar refractivity (Wildman–Crippen MR) is 84.6 cm³/mol. The molecule has 0 atom stereocenters. The van der Waals surface area contributed by atoms with Crippen molar-refractivity contribution in [3.63, 3.8) is 0 Å². The molecule has 4 nitrogen and oxygen atoms in total. The lowest BCUT2D eigenvalue weighted by atomic mass is 10.0. The van der Waals surface area contributed by atoms with E-state index < -0.39 is 10.0 Å². The molecule has 21 heavy (non-hydrogen) atoms. The number of benzene rings is 1. The van der Waals surface area contributed by atoms with E-state index in [9.17, 15) is 8.42 Å². The molecule has 0 aliphatic heterocycles. The molecule has 0 unspecified atom stereocenters. The van der Waals surface area contributed by atoms with Crippen molar-refractivity contribution in [3.8, 4) is 0 Å². The van der Waals surface area contributed by atoms with Crippen LogP contribution in [0.3, 0.4) is 0 Å². The zero-order valence-corrected chi connectivity index (χ0v) is 13.8. The molecule has 0 spiro atoms. The number of hydrogen-bond acceptors (Lipinski definition) is 3. The van der Waals surface area contributed by atoms with Crippen molar-refractivity contribution in [3.05, 3.63) is 22.8 Å². The van der Waals surface area contributed by atoms with E-state index in [2.05, 4.69) is 4.72 Å². The van der Waals surface area contributed by atoms with Crippen LogP contribution in [0.15, 0.2) is 11.0 Å². The monoisotopic (exact) mass is 308 g/mol. The Hall–Kier alpha value is -1.07. The van der Waals surface area contributed by atoms with Gasteiger partial charge in [-0.1, -0.05) is 6.07 Å². The molecule has 2 saturated carbocycles. The fraction of sp³-hybridized carbons (Fsp3) is 0.625. The molecule has 2 aliphatic carbocycles. The Morgan fingerprint density at radius 2 is 1.86 bits per heavy atom. The molecular weight excluding hydrogens is 284 g/mol. The number of rotatable bonds is 5. The summed E-state index contributed by atoms with van der Waals surface area (Å²) in [6.45, 7) is 6.11. The Bertz CT molecular complexity index is 687. The number of anilines is 1. The quantitative estimate of drug-likeness (QED) is 0.821. The van der Waals surface area contributed by atoms with Crippen LogP contribution < -0.4 is 10.5 Å². The van der Waals surface area contributed by atoms with Gasteiger partial charge in [-0.25, -0.2) is 13.1 Å². The minimum atomic E-state index is -3.49. The second-order valence-electron chi connectivity index (χ2n) is 6.84. The first-order chi connectivity index (χ1) is 9.77. The van der Waals surface area contributed by atoms with Crippen LogP contribution in [0.2, 0.25) is 0 Å². The molecule has 0 aromatic heterocycles. The largest absolute Gasteiger partial charge is 0.398 e. The third kappa shape index (κ3) is 2.57. The normalized spacial score (nSPS) is 20.5. The van der Waals surface area contributed by atoms with Gasteiger partial charge in [-0.3, -0.25) is 0 Å². The number of nitrogen functional groups attached to an aromatic ring is 1. The maximum atomic E-state index is 12.7. The maximum Gasteiger partial charge on any atom is 0.241 e. The fourth-order valence-electron chi connectivity index (χ4n) is 3.49. The van der Waals surface area contributed by atoms with Crippen molar-refractivity contribution in [2.24, 2.45) is 11.3 Å². The summed E-state index contributed by atoms with van der Waals surface area (Å²) in [7, 11) is -3.49.